The molecule has 4 aliphatic rings. The molecule has 0 radical (unpaired) electrons. The summed E-state index contributed by atoms with van der Waals surface area (Å²) >= 11 is 3.48. The zero-order chi connectivity index (χ0) is 19.4. The number of halogens is 1. The quantitative estimate of drug-likeness (QED) is 0.549. The Balaban J connectivity index is 1.41. The Morgan fingerprint density at radius 2 is 1.79 bits per heavy atom. The molecule has 146 valence electrons. The highest BCUT2D eigenvalue weighted by atomic mass is 79.9. The van der Waals surface area contributed by atoms with Crippen LogP contribution in [-0.4, -0.2) is 17.9 Å². The number of nitrogens with zero attached hydrogens (tertiary/aromatic N) is 1. The first-order valence-electron chi connectivity index (χ1n) is 10.5. The Hall–Kier alpha value is -1.61. The highest BCUT2D eigenvalue weighted by molar-refractivity contribution is 9.10. The number of aryl methyl sites for hydroxylation is 1. The Morgan fingerprint density at radius 1 is 1.07 bits per heavy atom. The van der Waals surface area contributed by atoms with Crippen molar-refractivity contribution in [3.8, 4) is 5.75 Å². The van der Waals surface area contributed by atoms with Gasteiger partial charge in [0, 0.05) is 22.8 Å². The largest absolute Gasteiger partial charge is 0.507 e. The molecule has 4 aliphatic carbocycles. The summed E-state index contributed by atoms with van der Waals surface area (Å²) in [7, 11) is 0. The van der Waals surface area contributed by atoms with E-state index >= 15 is 0 Å². The van der Waals surface area contributed by atoms with E-state index in [0.717, 1.165) is 28.4 Å². The highest BCUT2D eigenvalue weighted by Gasteiger charge is 2.57. The number of hydrogen-bond donors (Lipinski definition) is 1. The summed E-state index contributed by atoms with van der Waals surface area (Å²) in [5.41, 5.74) is 4.41. The van der Waals surface area contributed by atoms with Crippen molar-refractivity contribution in [1.29, 1.82) is 0 Å². The molecule has 2 nitrogen and oxygen atoms in total. The van der Waals surface area contributed by atoms with Crippen molar-refractivity contribution >= 4 is 22.1 Å². The van der Waals surface area contributed by atoms with Gasteiger partial charge in [0.1, 0.15) is 5.75 Å². The van der Waals surface area contributed by atoms with Gasteiger partial charge in [0.05, 0.1) is 0 Å². The van der Waals surface area contributed by atoms with Crippen LogP contribution in [0.5, 0.6) is 5.75 Å². The molecule has 0 aliphatic heterocycles. The minimum absolute atomic E-state index is 0.300. The molecular formula is C25H28BrNO. The van der Waals surface area contributed by atoms with Crippen molar-refractivity contribution in [2.75, 3.05) is 6.54 Å². The van der Waals surface area contributed by atoms with Crippen LogP contribution >= 0.6 is 15.9 Å². The monoisotopic (exact) mass is 437 g/mol. The van der Waals surface area contributed by atoms with E-state index in [1.807, 2.05) is 18.3 Å². The van der Waals surface area contributed by atoms with E-state index in [1.165, 1.54) is 44.1 Å². The molecule has 0 amide bonds. The summed E-state index contributed by atoms with van der Waals surface area (Å²) in [5, 5.41) is 10.1. The summed E-state index contributed by atoms with van der Waals surface area (Å²) in [6, 6.07) is 14.9. The predicted octanol–water partition coefficient (Wildman–Crippen LogP) is 6.42. The van der Waals surface area contributed by atoms with E-state index in [9.17, 15) is 5.11 Å². The van der Waals surface area contributed by atoms with Gasteiger partial charge in [-0.3, -0.25) is 4.99 Å². The molecule has 2 unspecified atom stereocenters. The minimum atomic E-state index is 0.300. The SMILES string of the molecule is Cc1ccc(C23C[C@@H]4C[C@@H](CC(CN=Cc5cc(Br)ccc5O)(C4)C2)C3)cc1. The van der Waals surface area contributed by atoms with Crippen molar-refractivity contribution in [3.05, 3.63) is 63.6 Å². The molecule has 2 aromatic rings. The molecule has 4 saturated carbocycles. The Bertz CT molecular complexity index is 903. The number of rotatable bonds is 4. The molecular weight excluding hydrogens is 410 g/mol. The molecule has 4 fully saturated rings. The van der Waals surface area contributed by atoms with Gasteiger partial charge in [-0.2, -0.15) is 0 Å². The van der Waals surface area contributed by atoms with Crippen molar-refractivity contribution < 1.29 is 5.11 Å². The van der Waals surface area contributed by atoms with E-state index in [-0.39, 0.29) is 0 Å². The van der Waals surface area contributed by atoms with Gasteiger partial charge < -0.3 is 5.11 Å². The summed E-state index contributed by atoms with van der Waals surface area (Å²) in [6.45, 7) is 3.07. The van der Waals surface area contributed by atoms with Crippen LogP contribution in [0.1, 0.15) is 55.2 Å². The van der Waals surface area contributed by atoms with Crippen molar-refractivity contribution in [1.82, 2.24) is 0 Å². The van der Waals surface area contributed by atoms with E-state index in [2.05, 4.69) is 47.1 Å². The Kier molecular flexibility index (Phi) is 4.42. The van der Waals surface area contributed by atoms with Crippen molar-refractivity contribution in [3.63, 3.8) is 0 Å². The average molecular weight is 438 g/mol. The lowest BCUT2D eigenvalue weighted by molar-refractivity contribution is -0.0663. The van der Waals surface area contributed by atoms with Crippen LogP contribution in [0.4, 0.5) is 0 Å². The second-order valence-electron chi connectivity index (χ2n) is 9.78. The molecule has 4 atom stereocenters. The lowest BCUT2D eigenvalue weighted by Gasteiger charge is -2.62. The summed E-state index contributed by atoms with van der Waals surface area (Å²) in [4.78, 5) is 4.87. The van der Waals surface area contributed by atoms with Crippen LogP contribution in [0, 0.1) is 24.2 Å². The molecule has 6 rings (SSSR count). The first-order valence-corrected chi connectivity index (χ1v) is 11.3. The van der Waals surface area contributed by atoms with Crippen LogP contribution in [0.15, 0.2) is 51.9 Å². The lowest BCUT2D eigenvalue weighted by Crippen LogP contribution is -2.55. The topological polar surface area (TPSA) is 32.6 Å². The lowest BCUT2D eigenvalue weighted by atomic mass is 9.43. The molecule has 0 heterocycles. The maximum atomic E-state index is 10.1. The van der Waals surface area contributed by atoms with Crippen LogP contribution in [-0.2, 0) is 5.41 Å². The number of aromatic hydroxyl groups is 1. The van der Waals surface area contributed by atoms with Gasteiger partial charge >= 0.3 is 0 Å². The molecule has 0 saturated heterocycles. The number of phenols is 1. The Labute approximate surface area is 176 Å². The van der Waals surface area contributed by atoms with Crippen molar-refractivity contribution in [2.45, 2.75) is 50.9 Å². The highest BCUT2D eigenvalue weighted by Crippen LogP contribution is 2.65. The fourth-order valence-electron chi connectivity index (χ4n) is 6.85. The first-order chi connectivity index (χ1) is 13.5. The second kappa shape index (κ2) is 6.73. The third kappa shape index (κ3) is 3.22. The summed E-state index contributed by atoms with van der Waals surface area (Å²) in [6.07, 6.45) is 9.97. The Morgan fingerprint density at radius 3 is 2.50 bits per heavy atom. The fourth-order valence-corrected chi connectivity index (χ4v) is 7.23. The third-order valence-electron chi connectivity index (χ3n) is 7.49. The standard InChI is InChI=1S/C25H28BrNO/c1-17-2-4-21(5-3-17)25-12-18-8-19(13-25)11-24(10-18,15-25)16-27-14-20-9-22(26)6-7-23(20)28/h2-7,9,14,18-19,28H,8,10-13,15-16H2,1H3/t18-,19+,24?,25?. The van der Waals surface area contributed by atoms with Gasteiger partial charge in [0.2, 0.25) is 0 Å². The van der Waals surface area contributed by atoms with Crippen LogP contribution in [0.2, 0.25) is 0 Å². The number of benzene rings is 2. The normalized spacial score (nSPS) is 33.6. The smallest absolute Gasteiger partial charge is 0.124 e. The van der Waals surface area contributed by atoms with Gasteiger partial charge in [-0.1, -0.05) is 45.8 Å². The number of phenolic OH excluding ortho intramolecular Hbond substituents is 1. The van der Waals surface area contributed by atoms with Gasteiger partial charge in [-0.05, 0) is 91.9 Å². The van der Waals surface area contributed by atoms with Crippen LogP contribution in [0.25, 0.3) is 0 Å². The average Bonchev–Trinajstić information content (AvgIpc) is 2.64. The number of hydrogen-bond acceptors (Lipinski definition) is 2. The molecule has 0 spiro atoms. The van der Waals surface area contributed by atoms with E-state index < -0.39 is 0 Å². The third-order valence-corrected chi connectivity index (χ3v) is 7.99. The summed E-state index contributed by atoms with van der Waals surface area (Å²) in [5.74, 6) is 2.02. The summed E-state index contributed by atoms with van der Waals surface area (Å²) < 4.78 is 0.972. The van der Waals surface area contributed by atoms with E-state index in [0.29, 0.717) is 16.6 Å². The molecule has 3 heteroatoms. The van der Waals surface area contributed by atoms with Gasteiger partial charge in [-0.25, -0.2) is 0 Å². The van der Waals surface area contributed by atoms with Gasteiger partial charge in [0.15, 0.2) is 0 Å². The van der Waals surface area contributed by atoms with Crippen molar-refractivity contribution in [2.24, 2.45) is 22.2 Å². The van der Waals surface area contributed by atoms with E-state index in [1.54, 1.807) is 11.6 Å². The molecule has 2 aromatic carbocycles. The predicted molar refractivity (Wildman–Crippen MR) is 118 cm³/mol. The minimum Gasteiger partial charge on any atom is -0.507 e. The van der Waals surface area contributed by atoms with E-state index in [4.69, 9.17) is 4.99 Å². The molecule has 28 heavy (non-hydrogen) atoms. The maximum Gasteiger partial charge on any atom is 0.124 e. The van der Waals surface area contributed by atoms with Gasteiger partial charge in [0.25, 0.3) is 0 Å². The zero-order valence-corrected chi connectivity index (χ0v) is 18.1. The molecule has 0 aromatic heterocycles. The second-order valence-corrected chi connectivity index (χ2v) is 10.7. The molecule has 1 N–H and O–H groups in total. The van der Waals surface area contributed by atoms with Crippen LogP contribution in [0.3, 0.4) is 0 Å². The number of aliphatic imine (C=N–C) groups is 1. The fraction of sp³-hybridized carbons (Fsp3) is 0.480. The maximum absolute atomic E-state index is 10.1. The van der Waals surface area contributed by atoms with Crippen LogP contribution < -0.4 is 0 Å². The van der Waals surface area contributed by atoms with Gasteiger partial charge in [-0.15, -0.1) is 0 Å². The molecule has 4 bridgehead atoms. The zero-order valence-electron chi connectivity index (χ0n) is 16.5. The first kappa shape index (κ1) is 18.4.